The molecule has 0 saturated heterocycles. The molecule has 0 saturated carbocycles. The van der Waals surface area contributed by atoms with Crippen LogP contribution in [-0.2, 0) is 0 Å². The second kappa shape index (κ2) is 7.78. The predicted octanol–water partition coefficient (Wildman–Crippen LogP) is 6.12. The standard InChI is InChI=1S/C25H15ClO5/c26-17-11-9-15(10-12-17)24-25(23(28)18-6-2-4-8-21(18)31-24)29-14-19(27)22-13-16-5-1-3-7-20(16)30-22/h1-13H,14H2. The van der Waals surface area contributed by atoms with Gasteiger partial charge in [0.15, 0.2) is 18.1 Å². The Morgan fingerprint density at radius 2 is 1.58 bits per heavy atom. The number of rotatable bonds is 5. The summed E-state index contributed by atoms with van der Waals surface area (Å²) in [7, 11) is 0. The van der Waals surface area contributed by atoms with Gasteiger partial charge in [-0.05, 0) is 48.5 Å². The molecule has 0 unspecified atom stereocenters. The molecule has 0 radical (unpaired) electrons. The predicted molar refractivity (Wildman–Crippen MR) is 119 cm³/mol. The minimum Gasteiger partial charge on any atom is -0.478 e. The third-order valence-corrected chi connectivity index (χ3v) is 5.16. The van der Waals surface area contributed by atoms with Crippen molar-refractivity contribution in [3.63, 3.8) is 0 Å². The first-order chi connectivity index (χ1) is 15.1. The lowest BCUT2D eigenvalue weighted by molar-refractivity contribution is 0.0894. The van der Waals surface area contributed by atoms with Crippen LogP contribution in [0.3, 0.4) is 0 Å². The maximum atomic E-state index is 13.1. The van der Waals surface area contributed by atoms with Crippen molar-refractivity contribution in [1.29, 1.82) is 0 Å². The van der Waals surface area contributed by atoms with Gasteiger partial charge < -0.3 is 13.6 Å². The molecular weight excluding hydrogens is 416 g/mol. The summed E-state index contributed by atoms with van der Waals surface area (Å²) in [5, 5.41) is 1.73. The van der Waals surface area contributed by atoms with E-state index in [9.17, 15) is 9.59 Å². The van der Waals surface area contributed by atoms with E-state index in [1.165, 1.54) is 0 Å². The SMILES string of the molecule is O=C(COc1c(-c2ccc(Cl)cc2)oc2ccccc2c1=O)c1cc2ccccc2o1. The van der Waals surface area contributed by atoms with Crippen molar-refractivity contribution in [2.45, 2.75) is 0 Å². The Hall–Kier alpha value is -3.83. The molecule has 152 valence electrons. The highest BCUT2D eigenvalue weighted by atomic mass is 35.5. The third kappa shape index (κ3) is 3.60. The zero-order valence-electron chi connectivity index (χ0n) is 16.1. The summed E-state index contributed by atoms with van der Waals surface area (Å²) in [6.45, 7) is -0.372. The maximum absolute atomic E-state index is 13.1. The minimum absolute atomic E-state index is 0.0366. The molecular formula is C25H15ClO5. The number of ketones is 1. The number of ether oxygens (including phenoxy) is 1. The summed E-state index contributed by atoms with van der Waals surface area (Å²) in [6, 6.07) is 22.7. The maximum Gasteiger partial charge on any atom is 0.235 e. The first-order valence-electron chi connectivity index (χ1n) is 9.56. The van der Waals surface area contributed by atoms with E-state index in [0.717, 1.165) is 5.39 Å². The number of carbonyl (C=O) groups is 1. The van der Waals surface area contributed by atoms with Crippen LogP contribution < -0.4 is 10.2 Å². The number of benzene rings is 3. The highest BCUT2D eigenvalue weighted by molar-refractivity contribution is 6.30. The number of hydrogen-bond donors (Lipinski definition) is 0. The molecule has 0 fully saturated rings. The number of Topliss-reactive ketones (excluding diaryl/α,β-unsaturated/α-hetero) is 1. The molecule has 0 spiro atoms. The van der Waals surface area contributed by atoms with Crippen molar-refractivity contribution >= 4 is 39.3 Å². The first kappa shape index (κ1) is 19.2. The van der Waals surface area contributed by atoms with Crippen LogP contribution in [0.5, 0.6) is 5.75 Å². The fourth-order valence-corrected chi connectivity index (χ4v) is 3.50. The summed E-state index contributed by atoms with van der Waals surface area (Å²) in [4.78, 5) is 25.8. The van der Waals surface area contributed by atoms with Crippen molar-refractivity contribution < 1.29 is 18.4 Å². The van der Waals surface area contributed by atoms with Crippen LogP contribution in [0.4, 0.5) is 0 Å². The molecule has 0 aliphatic heterocycles. The average Bonchev–Trinajstić information content (AvgIpc) is 3.23. The van der Waals surface area contributed by atoms with Gasteiger partial charge >= 0.3 is 0 Å². The van der Waals surface area contributed by atoms with Gasteiger partial charge in [0, 0.05) is 16.0 Å². The normalized spacial score (nSPS) is 11.1. The molecule has 0 aliphatic carbocycles. The van der Waals surface area contributed by atoms with E-state index < -0.39 is 0 Å². The Labute approximate surface area is 181 Å². The molecule has 5 nitrogen and oxygen atoms in total. The largest absolute Gasteiger partial charge is 0.478 e. The summed E-state index contributed by atoms with van der Waals surface area (Å²) in [5.74, 6) is -0.0199. The average molecular weight is 431 g/mol. The highest BCUT2D eigenvalue weighted by Gasteiger charge is 2.20. The smallest absolute Gasteiger partial charge is 0.235 e. The Morgan fingerprint density at radius 1 is 0.871 bits per heavy atom. The topological polar surface area (TPSA) is 69.7 Å². The van der Waals surface area contributed by atoms with Crippen LogP contribution in [0.2, 0.25) is 5.02 Å². The lowest BCUT2D eigenvalue weighted by Gasteiger charge is -2.11. The van der Waals surface area contributed by atoms with Gasteiger partial charge in [0.25, 0.3) is 0 Å². The van der Waals surface area contributed by atoms with Crippen LogP contribution in [0.25, 0.3) is 33.3 Å². The van der Waals surface area contributed by atoms with Gasteiger partial charge in [0.2, 0.25) is 17.0 Å². The van der Waals surface area contributed by atoms with Gasteiger partial charge in [-0.15, -0.1) is 0 Å². The molecule has 5 rings (SSSR count). The molecule has 0 N–H and O–H groups in total. The lowest BCUT2D eigenvalue weighted by atomic mass is 10.1. The monoisotopic (exact) mass is 430 g/mol. The van der Waals surface area contributed by atoms with Crippen molar-refractivity contribution in [2.75, 3.05) is 6.61 Å². The fraction of sp³-hybridized carbons (Fsp3) is 0.0400. The van der Waals surface area contributed by atoms with Crippen LogP contribution in [-0.4, -0.2) is 12.4 Å². The zero-order valence-corrected chi connectivity index (χ0v) is 16.9. The molecule has 31 heavy (non-hydrogen) atoms. The van der Waals surface area contributed by atoms with Gasteiger partial charge in [-0.3, -0.25) is 9.59 Å². The van der Waals surface area contributed by atoms with E-state index in [1.807, 2.05) is 18.2 Å². The number of furan rings is 1. The molecule has 2 aromatic heterocycles. The second-order valence-electron chi connectivity index (χ2n) is 6.95. The van der Waals surface area contributed by atoms with E-state index in [2.05, 4.69) is 0 Å². The Bertz CT molecular complexity index is 1440. The molecule has 2 heterocycles. The van der Waals surface area contributed by atoms with Gasteiger partial charge in [-0.25, -0.2) is 0 Å². The minimum atomic E-state index is -0.384. The van der Waals surface area contributed by atoms with Crippen molar-refractivity contribution in [1.82, 2.24) is 0 Å². The van der Waals surface area contributed by atoms with E-state index in [0.29, 0.717) is 27.1 Å². The van der Waals surface area contributed by atoms with Gasteiger partial charge in [0.05, 0.1) is 5.39 Å². The molecule has 0 bridgehead atoms. The molecule has 0 aliphatic rings. The molecule has 6 heteroatoms. The number of halogens is 1. The van der Waals surface area contributed by atoms with Gasteiger partial charge in [0.1, 0.15) is 11.2 Å². The van der Waals surface area contributed by atoms with Crippen LogP contribution in [0.15, 0.2) is 92.5 Å². The highest BCUT2D eigenvalue weighted by Crippen LogP contribution is 2.32. The Morgan fingerprint density at radius 3 is 2.35 bits per heavy atom. The van der Waals surface area contributed by atoms with Gasteiger partial charge in [-0.2, -0.15) is 0 Å². The van der Waals surface area contributed by atoms with Crippen molar-refractivity contribution in [2.24, 2.45) is 0 Å². The van der Waals surface area contributed by atoms with Crippen LogP contribution in [0, 0.1) is 0 Å². The molecule has 0 amide bonds. The summed E-state index contributed by atoms with van der Waals surface area (Å²) < 4.78 is 17.3. The summed E-state index contributed by atoms with van der Waals surface area (Å²) in [6.07, 6.45) is 0. The van der Waals surface area contributed by atoms with Crippen molar-refractivity contribution in [3.8, 4) is 17.1 Å². The summed E-state index contributed by atoms with van der Waals surface area (Å²) in [5.41, 5.74) is 1.29. The quantitative estimate of drug-likeness (QED) is 0.314. The van der Waals surface area contributed by atoms with E-state index in [1.54, 1.807) is 60.7 Å². The number of para-hydroxylation sites is 2. The first-order valence-corrected chi connectivity index (χ1v) is 9.94. The number of hydrogen-bond acceptors (Lipinski definition) is 5. The summed E-state index contributed by atoms with van der Waals surface area (Å²) >= 11 is 5.99. The molecule has 3 aromatic carbocycles. The molecule has 0 atom stereocenters. The van der Waals surface area contributed by atoms with Gasteiger partial charge in [-0.1, -0.05) is 41.9 Å². The Kier molecular flexibility index (Phi) is 4.81. The van der Waals surface area contributed by atoms with Crippen LogP contribution in [0.1, 0.15) is 10.6 Å². The van der Waals surface area contributed by atoms with E-state index in [-0.39, 0.29) is 35.1 Å². The fourth-order valence-electron chi connectivity index (χ4n) is 3.38. The second-order valence-corrected chi connectivity index (χ2v) is 7.39. The molecule has 5 aromatic rings. The van der Waals surface area contributed by atoms with Crippen LogP contribution >= 0.6 is 11.6 Å². The zero-order chi connectivity index (χ0) is 21.4. The third-order valence-electron chi connectivity index (χ3n) is 4.91. The van der Waals surface area contributed by atoms with E-state index >= 15 is 0 Å². The van der Waals surface area contributed by atoms with E-state index in [4.69, 9.17) is 25.2 Å². The number of fused-ring (bicyclic) bond motifs is 2. The Balaban J connectivity index is 1.54. The number of carbonyl (C=O) groups excluding carboxylic acids is 1. The lowest BCUT2D eigenvalue weighted by Crippen LogP contribution is -2.16. The van der Waals surface area contributed by atoms with Crippen molar-refractivity contribution in [3.05, 3.63) is 99.9 Å².